The Balaban J connectivity index is 0.00000400. The molecule has 0 aliphatic heterocycles. The number of benzene rings is 1. The molecule has 1 rings (SSSR count). The van der Waals surface area contributed by atoms with Crippen molar-refractivity contribution in [3.05, 3.63) is 29.8 Å². The lowest BCUT2D eigenvalue weighted by molar-refractivity contribution is 0.336. The Morgan fingerprint density at radius 2 is 2.05 bits per heavy atom. The molecule has 0 unspecified atom stereocenters. The number of para-hydroxylation sites is 1. The van der Waals surface area contributed by atoms with Crippen LogP contribution in [0.5, 0.6) is 5.75 Å². The lowest BCUT2D eigenvalue weighted by Crippen LogP contribution is -2.33. The summed E-state index contributed by atoms with van der Waals surface area (Å²) in [6, 6.07) is 8.10. The second-order valence-corrected chi connectivity index (χ2v) is 5.17. The fraction of sp³-hybridized carbons (Fsp3) is 0.562. The molecule has 0 heterocycles. The largest absolute Gasteiger partial charge is 0.494 e. The maximum Gasteiger partial charge on any atom is 0.188 e. The molecule has 21 heavy (non-hydrogen) atoms. The van der Waals surface area contributed by atoms with Gasteiger partial charge >= 0.3 is 0 Å². The summed E-state index contributed by atoms with van der Waals surface area (Å²) < 4.78 is 5.60. The molecule has 5 heteroatoms. The summed E-state index contributed by atoms with van der Waals surface area (Å²) in [5, 5.41) is 3.15. The van der Waals surface area contributed by atoms with Crippen molar-refractivity contribution in [1.82, 2.24) is 5.32 Å². The van der Waals surface area contributed by atoms with E-state index in [4.69, 9.17) is 10.5 Å². The Hall–Kier alpha value is -0.980. The highest BCUT2D eigenvalue weighted by Gasteiger charge is 2.02. The van der Waals surface area contributed by atoms with Crippen LogP contribution in [0.25, 0.3) is 0 Å². The Bertz CT molecular complexity index is 422. The van der Waals surface area contributed by atoms with E-state index in [1.165, 1.54) is 5.56 Å². The van der Waals surface area contributed by atoms with E-state index in [9.17, 15) is 0 Å². The predicted molar refractivity (Wildman–Crippen MR) is 101 cm³/mol. The van der Waals surface area contributed by atoms with Gasteiger partial charge in [-0.2, -0.15) is 0 Å². The Morgan fingerprint density at radius 3 is 2.71 bits per heavy atom. The van der Waals surface area contributed by atoms with Crippen molar-refractivity contribution in [2.75, 3.05) is 19.7 Å². The van der Waals surface area contributed by atoms with Crippen molar-refractivity contribution >= 4 is 29.9 Å². The molecular formula is C16H28IN3O. The summed E-state index contributed by atoms with van der Waals surface area (Å²) in [5.41, 5.74) is 7.02. The molecule has 0 amide bonds. The molecule has 0 saturated heterocycles. The van der Waals surface area contributed by atoms with E-state index < -0.39 is 0 Å². The van der Waals surface area contributed by atoms with Gasteiger partial charge in [-0.25, -0.2) is 0 Å². The lowest BCUT2D eigenvalue weighted by Gasteiger charge is -2.11. The van der Waals surface area contributed by atoms with Crippen LogP contribution in [0.2, 0.25) is 0 Å². The SMILES string of the molecule is CCOc1ccccc1CCNC(N)=NCCC(C)C.I. The molecule has 0 aliphatic rings. The molecule has 0 fully saturated rings. The highest BCUT2D eigenvalue weighted by atomic mass is 127. The minimum atomic E-state index is 0. The van der Waals surface area contributed by atoms with Crippen molar-refractivity contribution in [3.63, 3.8) is 0 Å². The summed E-state index contributed by atoms with van der Waals surface area (Å²) in [7, 11) is 0. The van der Waals surface area contributed by atoms with Gasteiger partial charge in [0.15, 0.2) is 5.96 Å². The summed E-state index contributed by atoms with van der Waals surface area (Å²) in [6.07, 6.45) is 1.94. The first kappa shape index (κ1) is 20.0. The molecule has 0 spiro atoms. The third-order valence-corrected chi connectivity index (χ3v) is 2.96. The second kappa shape index (κ2) is 11.7. The molecule has 0 bridgehead atoms. The zero-order valence-electron chi connectivity index (χ0n) is 13.3. The van der Waals surface area contributed by atoms with Crippen LogP contribution in [-0.2, 0) is 6.42 Å². The standard InChI is InChI=1S/C16H27N3O.HI/c1-4-20-15-8-6-5-7-14(15)10-12-19-16(17)18-11-9-13(2)3;/h5-8,13H,4,9-12H2,1-3H3,(H3,17,18,19);1H. The zero-order chi connectivity index (χ0) is 14.8. The van der Waals surface area contributed by atoms with Crippen LogP contribution in [0.15, 0.2) is 29.3 Å². The average Bonchev–Trinajstić information content (AvgIpc) is 2.40. The summed E-state index contributed by atoms with van der Waals surface area (Å²) in [4.78, 5) is 4.31. The van der Waals surface area contributed by atoms with Crippen LogP contribution in [0.3, 0.4) is 0 Å². The van der Waals surface area contributed by atoms with Crippen molar-refractivity contribution < 1.29 is 4.74 Å². The van der Waals surface area contributed by atoms with E-state index in [-0.39, 0.29) is 24.0 Å². The van der Waals surface area contributed by atoms with Gasteiger partial charge in [0.25, 0.3) is 0 Å². The molecule has 0 saturated carbocycles. The van der Waals surface area contributed by atoms with Gasteiger partial charge in [0.1, 0.15) is 5.75 Å². The van der Waals surface area contributed by atoms with Gasteiger partial charge in [0, 0.05) is 13.1 Å². The number of rotatable bonds is 8. The van der Waals surface area contributed by atoms with E-state index in [2.05, 4.69) is 30.2 Å². The molecule has 0 radical (unpaired) electrons. The van der Waals surface area contributed by atoms with Crippen LogP contribution in [0.4, 0.5) is 0 Å². The smallest absolute Gasteiger partial charge is 0.188 e. The topological polar surface area (TPSA) is 59.6 Å². The highest BCUT2D eigenvalue weighted by Crippen LogP contribution is 2.17. The Morgan fingerprint density at radius 1 is 1.33 bits per heavy atom. The van der Waals surface area contributed by atoms with E-state index >= 15 is 0 Å². The lowest BCUT2D eigenvalue weighted by atomic mass is 10.1. The number of guanidine groups is 1. The van der Waals surface area contributed by atoms with Crippen LogP contribution in [0.1, 0.15) is 32.8 Å². The van der Waals surface area contributed by atoms with Gasteiger partial charge in [-0.15, -0.1) is 24.0 Å². The minimum absolute atomic E-state index is 0. The van der Waals surface area contributed by atoms with Gasteiger partial charge in [-0.05, 0) is 37.3 Å². The first-order chi connectivity index (χ1) is 9.63. The first-order valence-electron chi connectivity index (χ1n) is 7.38. The van der Waals surface area contributed by atoms with E-state index in [1.807, 2.05) is 25.1 Å². The molecule has 4 nitrogen and oxygen atoms in total. The van der Waals surface area contributed by atoms with Crippen molar-refractivity contribution in [2.45, 2.75) is 33.6 Å². The first-order valence-corrected chi connectivity index (χ1v) is 7.38. The maximum atomic E-state index is 5.83. The van der Waals surface area contributed by atoms with Crippen molar-refractivity contribution in [1.29, 1.82) is 0 Å². The monoisotopic (exact) mass is 405 g/mol. The molecule has 0 atom stereocenters. The van der Waals surface area contributed by atoms with Gasteiger partial charge in [0.05, 0.1) is 6.61 Å². The second-order valence-electron chi connectivity index (χ2n) is 5.17. The summed E-state index contributed by atoms with van der Waals surface area (Å²) in [6.45, 7) is 8.60. The van der Waals surface area contributed by atoms with Gasteiger partial charge in [-0.3, -0.25) is 4.99 Å². The molecule has 0 aliphatic carbocycles. The van der Waals surface area contributed by atoms with Crippen LogP contribution >= 0.6 is 24.0 Å². The van der Waals surface area contributed by atoms with Crippen LogP contribution in [0, 0.1) is 5.92 Å². The predicted octanol–water partition coefficient (Wildman–Crippen LogP) is 3.20. The molecule has 1 aromatic rings. The quantitative estimate of drug-likeness (QED) is 0.397. The van der Waals surface area contributed by atoms with E-state index in [0.29, 0.717) is 18.5 Å². The van der Waals surface area contributed by atoms with Gasteiger partial charge in [0.2, 0.25) is 0 Å². The molecule has 0 aromatic heterocycles. The third kappa shape index (κ3) is 8.80. The van der Waals surface area contributed by atoms with Gasteiger partial charge < -0.3 is 15.8 Å². The summed E-state index contributed by atoms with van der Waals surface area (Å²) in [5.74, 6) is 2.14. The number of hydrogen-bond acceptors (Lipinski definition) is 2. The minimum Gasteiger partial charge on any atom is -0.494 e. The fourth-order valence-electron chi connectivity index (χ4n) is 1.83. The summed E-state index contributed by atoms with van der Waals surface area (Å²) >= 11 is 0. The number of nitrogens with two attached hydrogens (primary N) is 1. The Kier molecular flexibility index (Phi) is 11.1. The number of aliphatic imine (C=N–C) groups is 1. The molecule has 3 N–H and O–H groups in total. The molecule has 1 aromatic carbocycles. The number of nitrogens with one attached hydrogen (secondary N) is 1. The maximum absolute atomic E-state index is 5.83. The van der Waals surface area contributed by atoms with E-state index in [0.717, 1.165) is 31.7 Å². The van der Waals surface area contributed by atoms with Gasteiger partial charge in [-0.1, -0.05) is 32.0 Å². The number of ether oxygens (including phenoxy) is 1. The molecule has 120 valence electrons. The van der Waals surface area contributed by atoms with Crippen molar-refractivity contribution in [2.24, 2.45) is 16.6 Å². The van der Waals surface area contributed by atoms with Crippen molar-refractivity contribution in [3.8, 4) is 5.75 Å². The van der Waals surface area contributed by atoms with Crippen LogP contribution < -0.4 is 15.8 Å². The zero-order valence-corrected chi connectivity index (χ0v) is 15.6. The third-order valence-electron chi connectivity index (χ3n) is 2.96. The van der Waals surface area contributed by atoms with Crippen LogP contribution in [-0.4, -0.2) is 25.7 Å². The number of halogens is 1. The number of nitrogens with zero attached hydrogens (tertiary/aromatic N) is 1. The highest BCUT2D eigenvalue weighted by molar-refractivity contribution is 14.0. The fourth-order valence-corrected chi connectivity index (χ4v) is 1.83. The molecular weight excluding hydrogens is 377 g/mol. The Labute approximate surface area is 145 Å². The number of hydrogen-bond donors (Lipinski definition) is 2. The normalized spacial score (nSPS) is 11.1. The average molecular weight is 405 g/mol. The van der Waals surface area contributed by atoms with E-state index in [1.54, 1.807) is 0 Å².